The van der Waals surface area contributed by atoms with Crippen molar-refractivity contribution in [2.24, 2.45) is 7.05 Å². The number of halogens is 2. The summed E-state index contributed by atoms with van der Waals surface area (Å²) < 4.78 is 28.3. The Hall–Kier alpha value is -3.44. The van der Waals surface area contributed by atoms with E-state index in [1.807, 2.05) is 0 Å². The average molecular weight is 530 g/mol. The number of aliphatic hydroxyl groups excluding tert-OH is 2. The van der Waals surface area contributed by atoms with Crippen LogP contribution in [0.1, 0.15) is 22.4 Å². The number of imidazole rings is 1. The van der Waals surface area contributed by atoms with Gasteiger partial charge in [0.05, 0.1) is 25.2 Å². The van der Waals surface area contributed by atoms with Crippen LogP contribution in [0.25, 0.3) is 11.2 Å². The summed E-state index contributed by atoms with van der Waals surface area (Å²) in [4.78, 5) is 35.0. The molecule has 0 radical (unpaired) electrons. The van der Waals surface area contributed by atoms with E-state index in [0.717, 1.165) is 15.3 Å². The third-order valence-corrected chi connectivity index (χ3v) is 5.94. The van der Waals surface area contributed by atoms with Crippen molar-refractivity contribution in [3.63, 3.8) is 0 Å². The number of carboxylic acid groups (broad SMARTS) is 2. The first-order valence-electron chi connectivity index (χ1n) is 10.3. The first kappa shape index (κ1) is 25.6. The number of anilines is 1. The van der Waals surface area contributed by atoms with Gasteiger partial charge in [-0.1, -0.05) is 0 Å². The number of aromatic nitrogens is 6. The summed E-state index contributed by atoms with van der Waals surface area (Å²) in [7, 11) is 1.35. The highest BCUT2D eigenvalue weighted by Crippen LogP contribution is 2.35. The molecule has 3 aromatic rings. The van der Waals surface area contributed by atoms with Crippen molar-refractivity contribution in [1.82, 2.24) is 29.3 Å². The summed E-state index contributed by atoms with van der Waals surface area (Å²) in [6.07, 6.45) is -5.90. The van der Waals surface area contributed by atoms with E-state index in [1.165, 1.54) is 13.4 Å². The third kappa shape index (κ3) is 4.44. The molecule has 4 rings (SSSR count). The monoisotopic (exact) mass is 529 g/mol. The van der Waals surface area contributed by atoms with Crippen LogP contribution in [0.15, 0.2) is 12.4 Å². The fourth-order valence-corrected chi connectivity index (χ4v) is 4.04. The molecule has 3 aromatic heterocycles. The molecule has 4 heterocycles. The van der Waals surface area contributed by atoms with E-state index in [9.17, 15) is 30.0 Å². The number of aliphatic carboxylic acids is 1. The van der Waals surface area contributed by atoms with E-state index in [0.29, 0.717) is 0 Å². The minimum atomic E-state index is -2.28. The van der Waals surface area contributed by atoms with E-state index in [-0.39, 0.29) is 33.7 Å². The molecule has 0 saturated carbocycles. The lowest BCUT2D eigenvalue weighted by Crippen LogP contribution is -2.49. The normalized spacial score (nSPS) is 23.7. The number of aromatic carboxylic acids is 1. The summed E-state index contributed by atoms with van der Waals surface area (Å²) >= 11 is 5.83. The van der Waals surface area contributed by atoms with E-state index in [1.54, 1.807) is 0 Å². The van der Waals surface area contributed by atoms with Crippen LogP contribution in [0.5, 0.6) is 0 Å². The van der Waals surface area contributed by atoms with E-state index in [4.69, 9.17) is 26.8 Å². The quantitative estimate of drug-likeness (QED) is 0.214. The molecule has 1 unspecified atom stereocenters. The molecule has 1 aliphatic rings. The Kier molecular flexibility index (Phi) is 6.80. The number of nitrogen functional groups attached to an aromatic ring is 1. The van der Waals surface area contributed by atoms with Gasteiger partial charge in [-0.05, 0) is 17.7 Å². The van der Waals surface area contributed by atoms with Crippen molar-refractivity contribution >= 4 is 40.5 Å². The van der Waals surface area contributed by atoms with Crippen LogP contribution >= 0.6 is 11.6 Å². The van der Waals surface area contributed by atoms with Crippen molar-refractivity contribution < 1.29 is 43.9 Å². The van der Waals surface area contributed by atoms with Crippen molar-refractivity contribution in [3.8, 4) is 0 Å². The maximum Gasteiger partial charge on any atom is 0.354 e. The number of aliphatic hydroxyl groups is 2. The second-order valence-corrected chi connectivity index (χ2v) is 8.44. The molecule has 15 nitrogen and oxygen atoms in total. The number of alkyl halides is 1. The fourth-order valence-electron chi connectivity index (χ4n) is 3.87. The highest BCUT2D eigenvalue weighted by molar-refractivity contribution is 6.28. The van der Waals surface area contributed by atoms with Crippen LogP contribution in [-0.2, 0) is 27.7 Å². The molecule has 194 valence electrons. The number of rotatable bonds is 9. The zero-order chi connectivity index (χ0) is 26.4. The highest BCUT2D eigenvalue weighted by Gasteiger charge is 2.48. The number of aryl methyl sites for hydroxylation is 1. The third-order valence-electron chi connectivity index (χ3n) is 5.77. The molecule has 0 aromatic carbocycles. The summed E-state index contributed by atoms with van der Waals surface area (Å²) in [5.41, 5.74) is 3.45. The number of carboxylic acids is 2. The lowest BCUT2D eigenvalue weighted by molar-refractivity contribution is -0.180. The van der Waals surface area contributed by atoms with Gasteiger partial charge in [-0.25, -0.2) is 19.0 Å². The van der Waals surface area contributed by atoms with Crippen LogP contribution in [-0.4, -0.2) is 98.9 Å². The molecule has 1 fully saturated rings. The predicted octanol–water partition coefficient (Wildman–Crippen LogP) is -0.835. The molecule has 1 saturated heterocycles. The van der Waals surface area contributed by atoms with Crippen molar-refractivity contribution in [3.05, 3.63) is 29.1 Å². The van der Waals surface area contributed by atoms with Gasteiger partial charge in [0.2, 0.25) is 5.28 Å². The molecule has 17 heteroatoms. The van der Waals surface area contributed by atoms with Gasteiger partial charge in [-0.2, -0.15) is 15.1 Å². The maximum absolute atomic E-state index is 15.0. The number of ether oxygens (including phenoxy) is 2. The number of hydrogen-bond acceptors (Lipinski definition) is 11. The second-order valence-electron chi connectivity index (χ2n) is 8.10. The SMILES string of the molecule is Cn1nc(CC(CO)(OC[C@H]2O[C@@H](n3cnc4c(N)nc(Cl)nc43)[C@@H](F)[C@@H]2O)C(=O)O)cc1C(=O)O. The smallest absolute Gasteiger partial charge is 0.354 e. The zero-order valence-electron chi connectivity index (χ0n) is 18.5. The Balaban J connectivity index is 1.54. The van der Waals surface area contributed by atoms with Gasteiger partial charge in [0.1, 0.15) is 23.4 Å². The van der Waals surface area contributed by atoms with E-state index >= 15 is 4.39 Å². The molecule has 1 aliphatic heterocycles. The van der Waals surface area contributed by atoms with Crippen LogP contribution in [0.2, 0.25) is 5.28 Å². The van der Waals surface area contributed by atoms with Crippen molar-refractivity contribution in [2.45, 2.75) is 36.6 Å². The number of nitrogens with two attached hydrogens (primary N) is 1. The second kappa shape index (κ2) is 9.55. The Morgan fingerprint density at radius 3 is 2.69 bits per heavy atom. The van der Waals surface area contributed by atoms with Crippen LogP contribution in [0.4, 0.5) is 10.2 Å². The Morgan fingerprint density at radius 2 is 2.08 bits per heavy atom. The lowest BCUT2D eigenvalue weighted by Gasteiger charge is -2.28. The van der Waals surface area contributed by atoms with Gasteiger partial charge in [0.25, 0.3) is 0 Å². The minimum Gasteiger partial charge on any atom is -0.479 e. The van der Waals surface area contributed by atoms with Gasteiger partial charge in [-0.3, -0.25) is 9.25 Å². The lowest BCUT2D eigenvalue weighted by atomic mass is 9.98. The number of nitrogens with zero attached hydrogens (tertiary/aromatic N) is 6. The van der Waals surface area contributed by atoms with Crippen molar-refractivity contribution in [2.75, 3.05) is 18.9 Å². The van der Waals surface area contributed by atoms with E-state index in [2.05, 4.69) is 20.1 Å². The Bertz CT molecular complexity index is 1320. The predicted molar refractivity (Wildman–Crippen MR) is 117 cm³/mol. The molecule has 5 atom stereocenters. The summed E-state index contributed by atoms with van der Waals surface area (Å²) in [5.74, 6) is -2.92. The molecule has 0 aliphatic carbocycles. The Morgan fingerprint density at radius 1 is 1.36 bits per heavy atom. The van der Waals surface area contributed by atoms with Crippen LogP contribution < -0.4 is 5.73 Å². The molecule has 0 spiro atoms. The highest BCUT2D eigenvalue weighted by atomic mass is 35.5. The summed E-state index contributed by atoms with van der Waals surface area (Å²) in [6.45, 7) is -1.68. The van der Waals surface area contributed by atoms with Gasteiger partial charge in [0.15, 0.2) is 29.5 Å². The van der Waals surface area contributed by atoms with Gasteiger partial charge < -0.3 is 35.6 Å². The van der Waals surface area contributed by atoms with Gasteiger partial charge >= 0.3 is 11.9 Å². The topological polar surface area (TPSA) is 221 Å². The Labute approximate surface area is 205 Å². The average Bonchev–Trinajstić information content (AvgIpc) is 3.47. The summed E-state index contributed by atoms with van der Waals surface area (Å²) in [6, 6.07) is 1.14. The van der Waals surface area contributed by atoms with Crippen LogP contribution in [0, 0.1) is 0 Å². The number of fused-ring (bicyclic) bond motifs is 1. The van der Waals surface area contributed by atoms with Crippen molar-refractivity contribution in [1.29, 1.82) is 0 Å². The standard InChI is InChI=1S/C19H21ClFN7O8/c1-27-8(16(31)32)2-7(26-27)3-19(5-29,17(33)34)35-4-9-12(30)10(21)15(36-9)28-6-23-11-13(22)24-18(20)25-14(11)28/h2,6,9-10,12,15,29-30H,3-5H2,1H3,(H,31,32)(H,33,34)(H2,22,24,25)/t9-,10+,12-,15-,19?/m1/s1. The minimum absolute atomic E-state index is 0.0134. The van der Waals surface area contributed by atoms with Crippen LogP contribution in [0.3, 0.4) is 0 Å². The first-order chi connectivity index (χ1) is 17.0. The molecule has 36 heavy (non-hydrogen) atoms. The fraction of sp³-hybridized carbons (Fsp3) is 0.474. The number of carbonyl (C=O) groups is 2. The maximum atomic E-state index is 15.0. The first-order valence-corrected chi connectivity index (χ1v) is 10.7. The molecular weight excluding hydrogens is 509 g/mol. The molecule has 6 N–H and O–H groups in total. The molecular formula is C19H21ClFN7O8. The number of hydrogen-bond donors (Lipinski definition) is 5. The summed E-state index contributed by atoms with van der Waals surface area (Å²) in [5, 5.41) is 43.0. The van der Waals surface area contributed by atoms with Gasteiger partial charge in [-0.15, -0.1) is 0 Å². The molecule has 0 amide bonds. The molecule has 0 bridgehead atoms. The largest absolute Gasteiger partial charge is 0.479 e. The van der Waals surface area contributed by atoms with Gasteiger partial charge in [0, 0.05) is 13.5 Å². The zero-order valence-corrected chi connectivity index (χ0v) is 19.3. The van der Waals surface area contributed by atoms with E-state index < -0.39 is 61.8 Å².